The Morgan fingerprint density at radius 3 is 2.71 bits per heavy atom. The maximum absolute atomic E-state index is 5.89. The number of methoxy groups -OCH3 is 2. The Labute approximate surface area is 145 Å². The molecule has 2 unspecified atom stereocenters. The number of hydrogen-bond donors (Lipinski definition) is 0. The molecule has 1 aromatic rings. The van der Waals surface area contributed by atoms with Crippen molar-refractivity contribution in [1.82, 2.24) is 15.0 Å². The molecule has 3 heterocycles. The van der Waals surface area contributed by atoms with Crippen LogP contribution in [-0.4, -0.2) is 81.8 Å². The number of nitrogens with zero attached hydrogens (tertiary/aromatic N) is 3. The van der Waals surface area contributed by atoms with E-state index in [2.05, 4.69) is 10.3 Å². The molecule has 0 N–H and O–H groups in total. The lowest BCUT2D eigenvalue weighted by atomic mass is 9.91. The molecule has 2 aliphatic rings. The molecule has 0 aromatic carbocycles. The van der Waals surface area contributed by atoms with Crippen LogP contribution in [0, 0.1) is 5.92 Å². The number of rotatable bonds is 7. The predicted octanol–water partition coefficient (Wildman–Crippen LogP) is -0.335. The van der Waals surface area contributed by atoms with Gasteiger partial charge in [-0.25, -0.2) is 0 Å². The second kappa shape index (κ2) is 7.99. The third-order valence-electron chi connectivity index (χ3n) is 4.69. The standard InChI is InChI=1S/C15H23B2N3O4/c1-21-8-13-9(3-14(16)24-13)6-20-7-10(18-19-20)4-12-11(22-2)5-15(17)23-12/h7,9,11-15H,3-6,8H2,1-2H3/t9?,11?,12-,13-,14-,15-/m1/s1. The van der Waals surface area contributed by atoms with Gasteiger partial charge in [-0.3, -0.25) is 4.68 Å². The zero-order valence-corrected chi connectivity index (χ0v) is 14.2. The fourth-order valence-electron chi connectivity index (χ4n) is 3.52. The predicted molar refractivity (Wildman–Crippen MR) is 88.0 cm³/mol. The van der Waals surface area contributed by atoms with E-state index in [9.17, 15) is 0 Å². The number of hydrogen-bond acceptors (Lipinski definition) is 6. The molecule has 7 nitrogen and oxygen atoms in total. The van der Waals surface area contributed by atoms with E-state index < -0.39 is 0 Å². The van der Waals surface area contributed by atoms with E-state index in [4.69, 9.17) is 34.6 Å². The van der Waals surface area contributed by atoms with Gasteiger partial charge in [0, 0.05) is 51.3 Å². The average Bonchev–Trinajstić information content (AvgIpc) is 3.21. The van der Waals surface area contributed by atoms with Crippen molar-refractivity contribution in [1.29, 1.82) is 0 Å². The van der Waals surface area contributed by atoms with Gasteiger partial charge >= 0.3 is 0 Å². The molecule has 4 radical (unpaired) electrons. The molecule has 9 heteroatoms. The maximum Gasteiger partial charge on any atom is 0.109 e. The lowest BCUT2D eigenvalue weighted by molar-refractivity contribution is 0.00645. The topological polar surface area (TPSA) is 67.6 Å². The largest absolute Gasteiger partial charge is 0.382 e. The van der Waals surface area contributed by atoms with Crippen molar-refractivity contribution < 1.29 is 18.9 Å². The molecular formula is C15H23B2N3O4. The van der Waals surface area contributed by atoms with Crippen molar-refractivity contribution in [3.8, 4) is 0 Å². The summed E-state index contributed by atoms with van der Waals surface area (Å²) in [5, 5.41) is 8.45. The lowest BCUT2D eigenvalue weighted by Gasteiger charge is -2.17. The molecule has 0 spiro atoms. The van der Waals surface area contributed by atoms with Gasteiger partial charge < -0.3 is 18.9 Å². The highest BCUT2D eigenvalue weighted by Crippen LogP contribution is 2.27. The number of ether oxygens (including phenoxy) is 4. The third kappa shape index (κ3) is 4.20. The zero-order valence-electron chi connectivity index (χ0n) is 14.2. The normalized spacial score (nSPS) is 36.4. The molecule has 0 amide bonds. The second-order valence-electron chi connectivity index (χ2n) is 6.52. The Morgan fingerprint density at radius 1 is 1.21 bits per heavy atom. The number of aromatic nitrogens is 3. The monoisotopic (exact) mass is 331 g/mol. The highest BCUT2D eigenvalue weighted by Gasteiger charge is 2.34. The quantitative estimate of drug-likeness (QED) is 0.637. The third-order valence-corrected chi connectivity index (χ3v) is 4.69. The first-order valence-electron chi connectivity index (χ1n) is 8.32. The van der Waals surface area contributed by atoms with Gasteiger partial charge in [-0.2, -0.15) is 0 Å². The van der Waals surface area contributed by atoms with Crippen molar-refractivity contribution in [2.24, 2.45) is 5.92 Å². The first-order valence-corrected chi connectivity index (χ1v) is 8.32. The molecule has 24 heavy (non-hydrogen) atoms. The summed E-state index contributed by atoms with van der Waals surface area (Å²) >= 11 is 0. The van der Waals surface area contributed by atoms with E-state index in [-0.39, 0.29) is 36.2 Å². The summed E-state index contributed by atoms with van der Waals surface area (Å²) in [6, 6.07) is -0.518. The molecule has 0 saturated carbocycles. The van der Waals surface area contributed by atoms with Gasteiger partial charge in [0.2, 0.25) is 0 Å². The summed E-state index contributed by atoms with van der Waals surface area (Å²) in [5.74, 6) is 0.261. The first-order chi connectivity index (χ1) is 11.6. The highest BCUT2D eigenvalue weighted by molar-refractivity contribution is 6.11. The van der Waals surface area contributed by atoms with E-state index in [1.54, 1.807) is 14.2 Å². The SMILES string of the molecule is [B][C@H]1CC(Cn2cc(C[C@H]3O[C@@H]([B])CC3OC)nn2)[C@@H](COC)O1. The summed E-state index contributed by atoms with van der Waals surface area (Å²) in [7, 11) is 15.1. The van der Waals surface area contributed by atoms with Gasteiger partial charge in [-0.15, -0.1) is 5.10 Å². The van der Waals surface area contributed by atoms with Gasteiger partial charge in [0.1, 0.15) is 15.7 Å². The van der Waals surface area contributed by atoms with Crippen LogP contribution in [0.1, 0.15) is 18.5 Å². The van der Waals surface area contributed by atoms with Crippen LogP contribution in [0.4, 0.5) is 0 Å². The molecule has 6 atom stereocenters. The van der Waals surface area contributed by atoms with Gasteiger partial charge in [0.05, 0.1) is 30.6 Å². The Kier molecular flexibility index (Phi) is 5.97. The summed E-state index contributed by atoms with van der Waals surface area (Å²) in [4.78, 5) is 0. The van der Waals surface area contributed by atoms with E-state index >= 15 is 0 Å². The Hall–Kier alpha value is -0.890. The molecule has 0 bridgehead atoms. The van der Waals surface area contributed by atoms with Crippen LogP contribution in [-0.2, 0) is 31.9 Å². The van der Waals surface area contributed by atoms with E-state index in [1.807, 2.05) is 10.9 Å². The van der Waals surface area contributed by atoms with Crippen molar-refractivity contribution in [2.75, 3.05) is 20.8 Å². The van der Waals surface area contributed by atoms with Crippen molar-refractivity contribution >= 4 is 15.7 Å². The summed E-state index contributed by atoms with van der Waals surface area (Å²) < 4.78 is 23.8. The van der Waals surface area contributed by atoms with Gasteiger partial charge in [0.15, 0.2) is 0 Å². The fourth-order valence-corrected chi connectivity index (χ4v) is 3.52. The van der Waals surface area contributed by atoms with E-state index in [0.717, 1.165) is 12.1 Å². The van der Waals surface area contributed by atoms with Crippen molar-refractivity contribution in [3.05, 3.63) is 11.9 Å². The average molecular weight is 331 g/mol. The Balaban J connectivity index is 1.57. The zero-order chi connectivity index (χ0) is 17.1. The second-order valence-corrected chi connectivity index (χ2v) is 6.52. The van der Waals surface area contributed by atoms with Crippen LogP contribution >= 0.6 is 0 Å². The van der Waals surface area contributed by atoms with Crippen molar-refractivity contribution in [3.63, 3.8) is 0 Å². The summed E-state index contributed by atoms with van der Waals surface area (Å²) in [6.45, 7) is 1.23. The summed E-state index contributed by atoms with van der Waals surface area (Å²) in [6.07, 6.45) is 3.96. The highest BCUT2D eigenvalue weighted by atomic mass is 16.6. The van der Waals surface area contributed by atoms with Gasteiger partial charge in [-0.1, -0.05) is 5.21 Å². The summed E-state index contributed by atoms with van der Waals surface area (Å²) in [5.41, 5.74) is 0.864. The molecule has 2 aliphatic heterocycles. The van der Waals surface area contributed by atoms with Gasteiger partial charge in [-0.05, 0) is 12.8 Å². The molecule has 3 rings (SSSR count). The van der Waals surface area contributed by atoms with Crippen LogP contribution in [0.5, 0.6) is 0 Å². The molecule has 0 aliphatic carbocycles. The van der Waals surface area contributed by atoms with Crippen LogP contribution in [0.25, 0.3) is 0 Å². The minimum Gasteiger partial charge on any atom is -0.382 e. The first kappa shape index (κ1) is 17.9. The fraction of sp³-hybridized carbons (Fsp3) is 0.867. The van der Waals surface area contributed by atoms with Crippen LogP contribution < -0.4 is 0 Å². The minimum absolute atomic E-state index is 0.00235. The van der Waals surface area contributed by atoms with E-state index in [1.165, 1.54) is 0 Å². The smallest absolute Gasteiger partial charge is 0.109 e. The van der Waals surface area contributed by atoms with Crippen LogP contribution in [0.2, 0.25) is 0 Å². The molecule has 1 aromatic heterocycles. The minimum atomic E-state index is -0.276. The van der Waals surface area contributed by atoms with Crippen molar-refractivity contribution in [2.45, 2.75) is 56.1 Å². The lowest BCUT2D eigenvalue weighted by Crippen LogP contribution is -2.26. The molecule has 2 saturated heterocycles. The van der Waals surface area contributed by atoms with Crippen LogP contribution in [0.15, 0.2) is 6.20 Å². The Morgan fingerprint density at radius 2 is 1.96 bits per heavy atom. The van der Waals surface area contributed by atoms with Gasteiger partial charge in [0.25, 0.3) is 0 Å². The molecule has 128 valence electrons. The van der Waals surface area contributed by atoms with Crippen LogP contribution in [0.3, 0.4) is 0 Å². The molecule has 2 fully saturated rings. The maximum atomic E-state index is 5.89. The van der Waals surface area contributed by atoms with E-state index in [0.29, 0.717) is 26.0 Å². The Bertz CT molecular complexity index is 533. The molecular weight excluding hydrogens is 308 g/mol.